The van der Waals surface area contributed by atoms with Gasteiger partial charge in [-0.3, -0.25) is 0 Å². The zero-order chi connectivity index (χ0) is 23.4. The maximum atomic E-state index is 4.77. The van der Waals surface area contributed by atoms with Gasteiger partial charge < -0.3 is 9.80 Å². The molecule has 4 aromatic carbocycles. The van der Waals surface area contributed by atoms with Crippen LogP contribution in [0, 0.1) is 23.7 Å². The first-order valence-corrected chi connectivity index (χ1v) is 11.2. The highest BCUT2D eigenvalue weighted by atomic mass is 32.1. The molecule has 0 saturated heterocycles. The van der Waals surface area contributed by atoms with E-state index >= 15 is 0 Å². The van der Waals surface area contributed by atoms with Gasteiger partial charge in [-0.1, -0.05) is 47.9 Å². The van der Waals surface area contributed by atoms with Crippen LogP contribution in [0.15, 0.2) is 83.8 Å². The molecule has 0 N–H and O–H groups in total. The van der Waals surface area contributed by atoms with Crippen LogP contribution >= 0.6 is 12.6 Å². The Morgan fingerprint density at radius 2 is 1.06 bits per heavy atom. The number of thiol groups is 1. The van der Waals surface area contributed by atoms with Crippen molar-refractivity contribution < 1.29 is 0 Å². The van der Waals surface area contributed by atoms with Crippen molar-refractivity contribution in [1.29, 1.82) is 0 Å². The van der Waals surface area contributed by atoms with Crippen LogP contribution in [0.3, 0.4) is 0 Å². The van der Waals surface area contributed by atoms with Crippen molar-refractivity contribution in [2.45, 2.75) is 4.90 Å². The maximum absolute atomic E-state index is 4.77. The van der Waals surface area contributed by atoms with Gasteiger partial charge in [0.2, 0.25) is 0 Å². The van der Waals surface area contributed by atoms with E-state index in [2.05, 4.69) is 69.9 Å². The predicted molar refractivity (Wildman–Crippen MR) is 145 cm³/mol. The fraction of sp³-hybridized carbons (Fsp3) is 0.133. The van der Waals surface area contributed by atoms with E-state index in [4.69, 9.17) is 12.6 Å². The molecule has 0 aromatic heterocycles. The van der Waals surface area contributed by atoms with Crippen molar-refractivity contribution in [2.75, 3.05) is 38.0 Å². The van der Waals surface area contributed by atoms with Crippen molar-refractivity contribution in [3.63, 3.8) is 0 Å². The van der Waals surface area contributed by atoms with Crippen molar-refractivity contribution in [3.8, 4) is 23.7 Å². The van der Waals surface area contributed by atoms with E-state index < -0.39 is 0 Å². The highest BCUT2D eigenvalue weighted by molar-refractivity contribution is 7.80. The molecule has 0 amide bonds. The summed E-state index contributed by atoms with van der Waals surface area (Å²) < 4.78 is 0. The fourth-order valence-corrected chi connectivity index (χ4v) is 3.86. The second-order valence-electron chi connectivity index (χ2n) is 8.25. The Bertz CT molecular complexity index is 1410. The molecule has 0 radical (unpaired) electrons. The highest BCUT2D eigenvalue weighted by Crippen LogP contribution is 2.28. The van der Waals surface area contributed by atoms with Gasteiger partial charge in [-0.25, -0.2) is 0 Å². The summed E-state index contributed by atoms with van der Waals surface area (Å²) in [4.78, 5) is 4.99. The standard InChI is InChI=1S/C30H26N2S/c1-31(2)25-16-10-22(11-17-25)9-15-24-21-30(33)29(28-8-6-5-7-27(24)28)20-14-23-12-18-26(19-13-23)32(3)4/h5-8,10-13,16-19,21,33H,1-4H3. The zero-order valence-corrected chi connectivity index (χ0v) is 20.2. The summed E-state index contributed by atoms with van der Waals surface area (Å²) in [5.41, 5.74) is 6.14. The third-order valence-electron chi connectivity index (χ3n) is 5.46. The van der Waals surface area contributed by atoms with Gasteiger partial charge in [-0.05, 0) is 65.4 Å². The van der Waals surface area contributed by atoms with Crippen LogP contribution in [-0.2, 0) is 0 Å². The minimum absolute atomic E-state index is 0.832. The lowest BCUT2D eigenvalue weighted by atomic mass is 9.99. The molecule has 0 fully saturated rings. The Kier molecular flexibility index (Phi) is 6.64. The van der Waals surface area contributed by atoms with Crippen LogP contribution in [0.2, 0.25) is 0 Å². The number of hydrogen-bond donors (Lipinski definition) is 1. The third kappa shape index (κ3) is 5.17. The Morgan fingerprint density at radius 1 is 0.576 bits per heavy atom. The summed E-state index contributed by atoms with van der Waals surface area (Å²) in [5, 5.41) is 2.15. The molecule has 33 heavy (non-hydrogen) atoms. The zero-order valence-electron chi connectivity index (χ0n) is 19.3. The SMILES string of the molecule is CN(C)c1ccc(C#Cc2cc(S)c(C#Cc3ccc(N(C)C)cc3)c3ccccc23)cc1. The molecule has 0 bridgehead atoms. The number of hydrogen-bond acceptors (Lipinski definition) is 3. The number of anilines is 2. The molecule has 0 spiro atoms. The van der Waals surface area contributed by atoms with Crippen LogP contribution in [0.4, 0.5) is 11.4 Å². The number of benzene rings is 4. The molecule has 0 saturated carbocycles. The van der Waals surface area contributed by atoms with Crippen LogP contribution < -0.4 is 9.80 Å². The average molecular weight is 447 g/mol. The van der Waals surface area contributed by atoms with Crippen molar-refractivity contribution in [1.82, 2.24) is 0 Å². The monoisotopic (exact) mass is 446 g/mol. The van der Waals surface area contributed by atoms with E-state index in [0.29, 0.717) is 0 Å². The minimum Gasteiger partial charge on any atom is -0.378 e. The summed E-state index contributed by atoms with van der Waals surface area (Å²) in [7, 11) is 8.13. The second kappa shape index (κ2) is 9.78. The fourth-order valence-electron chi connectivity index (χ4n) is 3.56. The molecule has 0 heterocycles. The van der Waals surface area contributed by atoms with E-state index in [-0.39, 0.29) is 0 Å². The summed E-state index contributed by atoms with van der Waals surface area (Å²) in [5.74, 6) is 13.3. The second-order valence-corrected chi connectivity index (χ2v) is 8.73. The topological polar surface area (TPSA) is 6.48 Å². The molecule has 4 aromatic rings. The Labute approximate surface area is 202 Å². The summed E-state index contributed by atoms with van der Waals surface area (Å²) in [6.07, 6.45) is 0. The smallest absolute Gasteiger partial charge is 0.0461 e. The lowest BCUT2D eigenvalue weighted by Gasteiger charge is -2.11. The summed E-state index contributed by atoms with van der Waals surface area (Å²) in [6, 6.07) is 26.8. The van der Waals surface area contributed by atoms with E-state index in [1.54, 1.807) is 0 Å². The highest BCUT2D eigenvalue weighted by Gasteiger charge is 2.07. The normalized spacial score (nSPS) is 10.1. The van der Waals surface area contributed by atoms with Crippen LogP contribution in [0.25, 0.3) is 10.8 Å². The van der Waals surface area contributed by atoms with Gasteiger partial charge in [0.25, 0.3) is 0 Å². The number of rotatable bonds is 2. The minimum atomic E-state index is 0.832. The average Bonchev–Trinajstić information content (AvgIpc) is 2.82. The van der Waals surface area contributed by atoms with Gasteiger partial charge in [0.15, 0.2) is 0 Å². The largest absolute Gasteiger partial charge is 0.378 e. The molecule has 0 aliphatic carbocycles. The van der Waals surface area contributed by atoms with Crippen molar-refractivity contribution in [2.24, 2.45) is 0 Å². The predicted octanol–water partition coefficient (Wildman–Crippen LogP) is 6.06. The summed E-state index contributed by atoms with van der Waals surface area (Å²) >= 11 is 4.77. The molecule has 2 nitrogen and oxygen atoms in total. The third-order valence-corrected chi connectivity index (χ3v) is 5.82. The molecule has 0 unspecified atom stereocenters. The van der Waals surface area contributed by atoms with E-state index in [9.17, 15) is 0 Å². The van der Waals surface area contributed by atoms with Crippen LogP contribution in [-0.4, -0.2) is 28.2 Å². The molecule has 0 aliphatic rings. The van der Waals surface area contributed by atoms with E-state index in [1.165, 1.54) is 0 Å². The van der Waals surface area contributed by atoms with Gasteiger partial charge in [-0.2, -0.15) is 0 Å². The molecule has 4 rings (SSSR count). The quantitative estimate of drug-likeness (QED) is 0.295. The van der Waals surface area contributed by atoms with Gasteiger partial charge in [0.05, 0.1) is 0 Å². The first-order chi connectivity index (χ1) is 15.9. The molecule has 0 aliphatic heterocycles. The summed E-state index contributed by atoms with van der Waals surface area (Å²) in [6.45, 7) is 0. The van der Waals surface area contributed by atoms with Crippen molar-refractivity contribution >= 4 is 34.8 Å². The molecule has 162 valence electrons. The Morgan fingerprint density at radius 3 is 1.58 bits per heavy atom. The number of nitrogens with zero attached hydrogens (tertiary/aromatic N) is 2. The van der Waals surface area contributed by atoms with E-state index in [1.807, 2.05) is 70.7 Å². The lowest BCUT2D eigenvalue weighted by molar-refractivity contribution is 1.13. The molecular weight excluding hydrogens is 420 g/mol. The van der Waals surface area contributed by atoms with Crippen LogP contribution in [0.1, 0.15) is 22.3 Å². The molecule has 0 atom stereocenters. The van der Waals surface area contributed by atoms with Gasteiger partial charge in [0.1, 0.15) is 0 Å². The van der Waals surface area contributed by atoms with E-state index in [0.717, 1.165) is 49.3 Å². The molecular formula is C30H26N2S. The van der Waals surface area contributed by atoms with Crippen molar-refractivity contribution in [3.05, 3.63) is 101 Å². The van der Waals surface area contributed by atoms with Gasteiger partial charge in [-0.15, -0.1) is 12.6 Å². The lowest BCUT2D eigenvalue weighted by Crippen LogP contribution is -2.07. The van der Waals surface area contributed by atoms with Gasteiger partial charge >= 0.3 is 0 Å². The Balaban J connectivity index is 1.71. The van der Waals surface area contributed by atoms with Crippen LogP contribution in [0.5, 0.6) is 0 Å². The first-order valence-electron chi connectivity index (χ1n) is 10.8. The van der Waals surface area contributed by atoms with Gasteiger partial charge in [0, 0.05) is 66.7 Å². The Hall–Kier alpha value is -3.79. The number of fused-ring (bicyclic) bond motifs is 1. The first kappa shape index (κ1) is 22.4. The molecule has 3 heteroatoms. The maximum Gasteiger partial charge on any atom is 0.0461 e.